The van der Waals surface area contributed by atoms with Gasteiger partial charge >= 0.3 is 5.97 Å². The number of nitrogens with two attached hydrogens (primary N) is 1. The summed E-state index contributed by atoms with van der Waals surface area (Å²) in [5.74, 6) is -0.427. The highest BCUT2D eigenvalue weighted by Gasteiger charge is 2.34. The van der Waals surface area contributed by atoms with Gasteiger partial charge < -0.3 is 19.9 Å². The summed E-state index contributed by atoms with van der Waals surface area (Å²) >= 11 is 0.861. The highest BCUT2D eigenvalue weighted by molar-refractivity contribution is 7.91. The lowest BCUT2D eigenvalue weighted by atomic mass is 10.1. The largest absolute Gasteiger partial charge is 0.494 e. The number of hydrogen-bond donors (Lipinski definition) is 1. The van der Waals surface area contributed by atoms with Gasteiger partial charge in [0, 0.05) is 25.8 Å². The van der Waals surface area contributed by atoms with E-state index < -0.39 is 16.0 Å². The molecule has 25 heavy (non-hydrogen) atoms. The van der Waals surface area contributed by atoms with Crippen LogP contribution in [-0.4, -0.2) is 65.3 Å². The maximum Gasteiger partial charge on any atom is 0.348 e. The van der Waals surface area contributed by atoms with Gasteiger partial charge in [-0.15, -0.1) is 11.3 Å². The fraction of sp³-hybridized carbons (Fsp3) is 0.667. The minimum Gasteiger partial charge on any atom is -0.494 e. The number of carbonyl (C=O) groups excluding carboxylic acids is 1. The molecule has 142 valence electrons. The van der Waals surface area contributed by atoms with E-state index in [2.05, 4.69) is 4.74 Å². The number of rotatable bonds is 8. The molecule has 0 atom stereocenters. The molecule has 2 N–H and O–H groups in total. The van der Waals surface area contributed by atoms with Gasteiger partial charge in [-0.3, -0.25) is 0 Å². The van der Waals surface area contributed by atoms with Crippen molar-refractivity contribution in [2.45, 2.75) is 29.6 Å². The van der Waals surface area contributed by atoms with Crippen molar-refractivity contribution in [3.8, 4) is 5.75 Å². The van der Waals surface area contributed by atoms with Gasteiger partial charge in [-0.2, -0.15) is 4.31 Å². The van der Waals surface area contributed by atoms with Crippen LogP contribution in [0.4, 0.5) is 0 Å². The van der Waals surface area contributed by atoms with E-state index in [1.165, 1.54) is 24.6 Å². The first-order chi connectivity index (χ1) is 11.9. The smallest absolute Gasteiger partial charge is 0.348 e. The van der Waals surface area contributed by atoms with Gasteiger partial charge in [-0.25, -0.2) is 13.2 Å². The average molecular weight is 392 g/mol. The molecule has 0 aromatic carbocycles. The van der Waals surface area contributed by atoms with Gasteiger partial charge in [0.2, 0.25) is 0 Å². The molecule has 1 aliphatic heterocycles. The molecule has 0 bridgehead atoms. The van der Waals surface area contributed by atoms with E-state index in [1.807, 2.05) is 0 Å². The lowest BCUT2D eigenvalue weighted by Crippen LogP contribution is -2.40. The Hall–Kier alpha value is -1.20. The lowest BCUT2D eigenvalue weighted by molar-refractivity contribution is 0.0209. The van der Waals surface area contributed by atoms with Crippen LogP contribution in [0.2, 0.25) is 0 Å². The van der Waals surface area contributed by atoms with Gasteiger partial charge in [0.05, 0.1) is 20.3 Å². The van der Waals surface area contributed by atoms with E-state index in [9.17, 15) is 13.2 Å². The van der Waals surface area contributed by atoms with Crippen molar-refractivity contribution < 1.29 is 27.4 Å². The summed E-state index contributed by atoms with van der Waals surface area (Å²) in [5, 5.41) is 0. The Balaban J connectivity index is 2.09. The number of sulfonamides is 1. The van der Waals surface area contributed by atoms with Crippen LogP contribution >= 0.6 is 11.3 Å². The van der Waals surface area contributed by atoms with Crippen molar-refractivity contribution >= 4 is 27.3 Å². The van der Waals surface area contributed by atoms with Crippen molar-refractivity contribution in [1.82, 2.24) is 4.31 Å². The number of hydrogen-bond acceptors (Lipinski definition) is 8. The van der Waals surface area contributed by atoms with Crippen LogP contribution in [0.5, 0.6) is 5.75 Å². The van der Waals surface area contributed by atoms with Gasteiger partial charge in [0.25, 0.3) is 10.0 Å². The van der Waals surface area contributed by atoms with Crippen LogP contribution < -0.4 is 10.5 Å². The Kier molecular flexibility index (Phi) is 7.20. The number of methoxy groups -OCH3 is 2. The monoisotopic (exact) mass is 392 g/mol. The average Bonchev–Trinajstić information content (AvgIpc) is 3.07. The van der Waals surface area contributed by atoms with Crippen molar-refractivity contribution in [3.05, 3.63) is 10.9 Å². The molecule has 0 unspecified atom stereocenters. The van der Waals surface area contributed by atoms with E-state index in [0.29, 0.717) is 39.1 Å². The van der Waals surface area contributed by atoms with Gasteiger partial charge in [-0.05, 0) is 25.8 Å². The summed E-state index contributed by atoms with van der Waals surface area (Å²) in [6, 6.07) is 1.39. The molecule has 0 spiro atoms. The molecular weight excluding hydrogens is 368 g/mol. The SMILES string of the molecule is COC(=O)c1cc(OC)c(S(=O)(=O)N2CCC(OCCCN)CC2)s1. The fourth-order valence-corrected chi connectivity index (χ4v) is 5.68. The summed E-state index contributed by atoms with van der Waals surface area (Å²) < 4.78 is 42.7. The second kappa shape index (κ2) is 8.95. The molecule has 0 radical (unpaired) electrons. The van der Waals surface area contributed by atoms with E-state index in [-0.39, 0.29) is 20.9 Å². The number of piperidine rings is 1. The van der Waals surface area contributed by atoms with Crippen molar-refractivity contribution in [2.24, 2.45) is 5.73 Å². The topological polar surface area (TPSA) is 108 Å². The standard InChI is InChI=1S/C15H24N2O6S2/c1-21-12-10-13(14(18)22-2)24-15(12)25(19,20)17-7-4-11(5-8-17)23-9-3-6-16/h10-11H,3-9,16H2,1-2H3. The van der Waals surface area contributed by atoms with Gasteiger partial charge in [0.1, 0.15) is 4.88 Å². The van der Waals surface area contributed by atoms with Crippen LogP contribution in [0, 0.1) is 0 Å². The summed E-state index contributed by atoms with van der Waals surface area (Å²) in [6.45, 7) is 1.90. The third-order valence-corrected chi connectivity index (χ3v) is 7.44. The second-order valence-corrected chi connectivity index (χ2v) is 8.76. The first-order valence-electron chi connectivity index (χ1n) is 8.02. The molecule has 1 fully saturated rings. The maximum absolute atomic E-state index is 12.9. The van der Waals surface area contributed by atoms with E-state index in [4.69, 9.17) is 15.2 Å². The number of carbonyl (C=O) groups is 1. The zero-order valence-corrected chi connectivity index (χ0v) is 16.0. The Bertz CT molecular complexity index is 680. The second-order valence-electron chi connectivity index (χ2n) is 5.57. The molecule has 2 rings (SSSR count). The van der Waals surface area contributed by atoms with Crippen LogP contribution in [0.15, 0.2) is 10.3 Å². The molecule has 1 aromatic heterocycles. The predicted molar refractivity (Wildman–Crippen MR) is 93.6 cm³/mol. The van der Waals surface area contributed by atoms with Gasteiger partial charge in [-0.1, -0.05) is 0 Å². The molecular formula is C15H24N2O6S2. The summed E-state index contributed by atoms with van der Waals surface area (Å²) in [5.41, 5.74) is 5.44. The molecule has 2 heterocycles. The van der Waals surface area contributed by atoms with Crippen LogP contribution in [-0.2, 0) is 19.5 Å². The van der Waals surface area contributed by atoms with Crippen LogP contribution in [0.3, 0.4) is 0 Å². The maximum atomic E-state index is 12.9. The Morgan fingerprint density at radius 1 is 1.36 bits per heavy atom. The summed E-state index contributed by atoms with van der Waals surface area (Å²) in [7, 11) is -1.11. The van der Waals surface area contributed by atoms with Crippen molar-refractivity contribution in [1.29, 1.82) is 0 Å². The molecule has 8 nitrogen and oxygen atoms in total. The Morgan fingerprint density at radius 2 is 2.04 bits per heavy atom. The quantitative estimate of drug-likeness (QED) is 0.520. The first kappa shape index (κ1) is 20.1. The molecule has 1 saturated heterocycles. The molecule has 1 aliphatic rings. The zero-order valence-electron chi connectivity index (χ0n) is 14.4. The summed E-state index contributed by atoms with van der Waals surface area (Å²) in [6.07, 6.45) is 2.10. The highest BCUT2D eigenvalue weighted by Crippen LogP contribution is 2.36. The Labute approximate surface area is 151 Å². The number of ether oxygens (including phenoxy) is 3. The van der Waals surface area contributed by atoms with E-state index >= 15 is 0 Å². The van der Waals surface area contributed by atoms with Crippen molar-refractivity contribution in [2.75, 3.05) is 40.5 Å². The fourth-order valence-electron chi connectivity index (χ4n) is 2.57. The lowest BCUT2D eigenvalue weighted by Gasteiger charge is -2.30. The third kappa shape index (κ3) is 4.70. The Morgan fingerprint density at radius 3 is 2.60 bits per heavy atom. The first-order valence-corrected chi connectivity index (χ1v) is 10.3. The highest BCUT2D eigenvalue weighted by atomic mass is 32.2. The number of thiophene rings is 1. The van der Waals surface area contributed by atoms with Gasteiger partial charge in [0.15, 0.2) is 9.96 Å². The molecule has 10 heteroatoms. The zero-order chi connectivity index (χ0) is 18.4. The minimum atomic E-state index is -3.73. The summed E-state index contributed by atoms with van der Waals surface area (Å²) in [4.78, 5) is 11.9. The minimum absolute atomic E-state index is 0.0258. The van der Waals surface area contributed by atoms with E-state index in [0.717, 1.165) is 17.8 Å². The molecule has 1 aromatic rings. The van der Waals surface area contributed by atoms with Crippen molar-refractivity contribution in [3.63, 3.8) is 0 Å². The van der Waals surface area contributed by atoms with Crippen LogP contribution in [0.25, 0.3) is 0 Å². The predicted octanol–water partition coefficient (Wildman–Crippen LogP) is 1.06. The molecule has 0 aliphatic carbocycles. The third-order valence-electron chi connectivity index (χ3n) is 3.95. The normalized spacial score (nSPS) is 16.8. The van der Waals surface area contributed by atoms with E-state index in [1.54, 1.807) is 0 Å². The number of esters is 1. The number of nitrogens with zero attached hydrogens (tertiary/aromatic N) is 1. The molecule has 0 amide bonds. The van der Waals surface area contributed by atoms with Crippen LogP contribution in [0.1, 0.15) is 28.9 Å². The molecule has 0 saturated carbocycles.